The van der Waals surface area contributed by atoms with E-state index in [-0.39, 0.29) is 5.97 Å². The summed E-state index contributed by atoms with van der Waals surface area (Å²) in [5.74, 6) is -0.283. The summed E-state index contributed by atoms with van der Waals surface area (Å²) in [5, 5.41) is 0. The molecule has 3 nitrogen and oxygen atoms in total. The molecule has 1 heterocycles. The molecule has 0 saturated heterocycles. The van der Waals surface area contributed by atoms with Gasteiger partial charge in [-0.25, -0.2) is 4.79 Å². The molecule has 0 unspecified atom stereocenters. The van der Waals surface area contributed by atoms with Gasteiger partial charge >= 0.3 is 5.97 Å². The normalized spacial score (nSPS) is 9.86. The first-order chi connectivity index (χ1) is 6.74. The fourth-order valence-corrected chi connectivity index (χ4v) is 1.06. The molecule has 0 fully saturated rings. The van der Waals surface area contributed by atoms with E-state index in [1.807, 2.05) is 6.92 Å². The Morgan fingerprint density at radius 3 is 2.93 bits per heavy atom. The number of hydrogen-bond acceptors (Lipinski definition) is 3. The molecule has 0 radical (unpaired) electrons. The monoisotopic (exact) mass is 193 g/mol. The van der Waals surface area contributed by atoms with Crippen molar-refractivity contribution in [2.45, 2.75) is 26.7 Å². The number of rotatable bonds is 4. The van der Waals surface area contributed by atoms with Crippen LogP contribution in [-0.2, 0) is 4.74 Å². The SMILES string of the molecule is CCCCOC(=O)c1cncc(C)c1. The summed E-state index contributed by atoms with van der Waals surface area (Å²) in [4.78, 5) is 15.3. The molecule has 0 aliphatic carbocycles. The van der Waals surface area contributed by atoms with Crippen LogP contribution in [0, 0.1) is 6.92 Å². The van der Waals surface area contributed by atoms with E-state index in [0.29, 0.717) is 12.2 Å². The van der Waals surface area contributed by atoms with Crippen LogP contribution in [0.3, 0.4) is 0 Å². The maximum Gasteiger partial charge on any atom is 0.339 e. The predicted molar refractivity (Wildman–Crippen MR) is 54.2 cm³/mol. The number of aryl methyl sites for hydroxylation is 1. The summed E-state index contributed by atoms with van der Waals surface area (Å²) < 4.78 is 5.04. The average Bonchev–Trinajstić information content (AvgIpc) is 2.18. The second kappa shape index (κ2) is 5.37. The van der Waals surface area contributed by atoms with Gasteiger partial charge in [-0.3, -0.25) is 4.98 Å². The number of ether oxygens (including phenoxy) is 1. The lowest BCUT2D eigenvalue weighted by atomic mass is 10.2. The van der Waals surface area contributed by atoms with Gasteiger partial charge in [0.05, 0.1) is 12.2 Å². The zero-order valence-electron chi connectivity index (χ0n) is 8.62. The van der Waals surface area contributed by atoms with E-state index in [0.717, 1.165) is 18.4 Å². The molecule has 3 heteroatoms. The van der Waals surface area contributed by atoms with Crippen molar-refractivity contribution in [3.05, 3.63) is 29.6 Å². The molecular formula is C11H15NO2. The highest BCUT2D eigenvalue weighted by Crippen LogP contribution is 2.03. The van der Waals surface area contributed by atoms with Crippen LogP contribution in [0.4, 0.5) is 0 Å². The molecule has 14 heavy (non-hydrogen) atoms. The molecule has 0 aromatic carbocycles. The molecule has 0 atom stereocenters. The van der Waals surface area contributed by atoms with Gasteiger partial charge in [-0.2, -0.15) is 0 Å². The first-order valence-corrected chi connectivity index (χ1v) is 4.83. The van der Waals surface area contributed by atoms with Crippen LogP contribution in [-0.4, -0.2) is 17.6 Å². The Morgan fingerprint density at radius 1 is 1.50 bits per heavy atom. The van der Waals surface area contributed by atoms with Crippen molar-refractivity contribution in [1.29, 1.82) is 0 Å². The lowest BCUT2D eigenvalue weighted by Gasteiger charge is -2.03. The number of pyridine rings is 1. The Balaban J connectivity index is 2.52. The maximum atomic E-state index is 11.4. The molecule has 76 valence electrons. The summed E-state index contributed by atoms with van der Waals surface area (Å²) >= 11 is 0. The second-order valence-electron chi connectivity index (χ2n) is 3.24. The standard InChI is InChI=1S/C11H15NO2/c1-3-4-5-14-11(13)10-6-9(2)7-12-8-10/h6-8H,3-5H2,1-2H3. The summed E-state index contributed by atoms with van der Waals surface area (Å²) in [5.41, 5.74) is 1.50. The third-order valence-corrected chi connectivity index (χ3v) is 1.84. The third-order valence-electron chi connectivity index (χ3n) is 1.84. The van der Waals surface area contributed by atoms with Gasteiger partial charge in [-0.1, -0.05) is 13.3 Å². The lowest BCUT2D eigenvalue weighted by molar-refractivity contribution is 0.0499. The van der Waals surface area contributed by atoms with Crippen LogP contribution in [0.1, 0.15) is 35.7 Å². The highest BCUT2D eigenvalue weighted by Gasteiger charge is 2.06. The molecule has 0 amide bonds. The number of unbranched alkanes of at least 4 members (excludes halogenated alkanes) is 1. The van der Waals surface area contributed by atoms with Crippen LogP contribution in [0.5, 0.6) is 0 Å². The summed E-state index contributed by atoms with van der Waals surface area (Å²) in [6.07, 6.45) is 5.18. The largest absolute Gasteiger partial charge is 0.462 e. The van der Waals surface area contributed by atoms with Gasteiger partial charge in [0.1, 0.15) is 0 Å². The lowest BCUT2D eigenvalue weighted by Crippen LogP contribution is -2.06. The van der Waals surface area contributed by atoms with E-state index in [1.54, 1.807) is 12.3 Å². The van der Waals surface area contributed by atoms with Gasteiger partial charge in [0.25, 0.3) is 0 Å². The first-order valence-electron chi connectivity index (χ1n) is 4.83. The Bertz CT molecular complexity index is 310. The van der Waals surface area contributed by atoms with Crippen LogP contribution in [0.2, 0.25) is 0 Å². The zero-order valence-corrected chi connectivity index (χ0v) is 8.62. The Morgan fingerprint density at radius 2 is 2.29 bits per heavy atom. The van der Waals surface area contributed by atoms with Gasteiger partial charge in [-0.15, -0.1) is 0 Å². The van der Waals surface area contributed by atoms with Crippen LogP contribution < -0.4 is 0 Å². The fraction of sp³-hybridized carbons (Fsp3) is 0.455. The second-order valence-corrected chi connectivity index (χ2v) is 3.24. The first kappa shape index (κ1) is 10.7. The van der Waals surface area contributed by atoms with Gasteiger partial charge in [-0.05, 0) is 25.0 Å². The smallest absolute Gasteiger partial charge is 0.339 e. The van der Waals surface area contributed by atoms with Gasteiger partial charge in [0.2, 0.25) is 0 Å². The van der Waals surface area contributed by atoms with Crippen LogP contribution >= 0.6 is 0 Å². The van der Waals surface area contributed by atoms with Crippen LogP contribution in [0.25, 0.3) is 0 Å². The summed E-state index contributed by atoms with van der Waals surface area (Å²) in [6.45, 7) is 4.45. The highest BCUT2D eigenvalue weighted by atomic mass is 16.5. The zero-order chi connectivity index (χ0) is 10.4. The number of carbonyl (C=O) groups is 1. The summed E-state index contributed by atoms with van der Waals surface area (Å²) in [6, 6.07) is 1.78. The van der Waals surface area contributed by atoms with Crippen molar-refractivity contribution in [3.63, 3.8) is 0 Å². The molecule has 0 aliphatic rings. The van der Waals surface area contributed by atoms with Gasteiger partial charge in [0, 0.05) is 12.4 Å². The number of esters is 1. The molecular weight excluding hydrogens is 178 g/mol. The minimum absolute atomic E-state index is 0.283. The van der Waals surface area contributed by atoms with Gasteiger partial charge in [0.15, 0.2) is 0 Å². The molecule has 0 bridgehead atoms. The number of nitrogens with zero attached hydrogens (tertiary/aromatic N) is 1. The molecule has 1 aromatic heterocycles. The Hall–Kier alpha value is -1.38. The molecule has 1 aromatic rings. The average molecular weight is 193 g/mol. The minimum atomic E-state index is -0.283. The molecule has 1 rings (SSSR count). The van der Waals surface area contributed by atoms with E-state index in [1.165, 1.54) is 6.20 Å². The molecule has 0 N–H and O–H groups in total. The predicted octanol–water partition coefficient (Wildman–Crippen LogP) is 2.35. The summed E-state index contributed by atoms with van der Waals surface area (Å²) in [7, 11) is 0. The van der Waals surface area contributed by atoms with Crippen molar-refractivity contribution < 1.29 is 9.53 Å². The van der Waals surface area contributed by atoms with Crippen LogP contribution in [0.15, 0.2) is 18.5 Å². The third kappa shape index (κ3) is 3.17. The molecule has 0 aliphatic heterocycles. The fourth-order valence-electron chi connectivity index (χ4n) is 1.06. The maximum absolute atomic E-state index is 11.4. The van der Waals surface area contributed by atoms with E-state index in [9.17, 15) is 4.79 Å². The Kier molecular flexibility index (Phi) is 4.11. The number of aromatic nitrogens is 1. The molecule has 0 saturated carbocycles. The number of carbonyl (C=O) groups excluding carboxylic acids is 1. The topological polar surface area (TPSA) is 39.2 Å². The number of hydrogen-bond donors (Lipinski definition) is 0. The van der Waals surface area contributed by atoms with Gasteiger partial charge < -0.3 is 4.74 Å². The van der Waals surface area contributed by atoms with Crippen molar-refractivity contribution in [3.8, 4) is 0 Å². The van der Waals surface area contributed by atoms with E-state index < -0.39 is 0 Å². The van der Waals surface area contributed by atoms with E-state index >= 15 is 0 Å². The van der Waals surface area contributed by atoms with Crippen molar-refractivity contribution in [2.24, 2.45) is 0 Å². The van der Waals surface area contributed by atoms with E-state index in [4.69, 9.17) is 4.74 Å². The Labute approximate surface area is 84.1 Å². The minimum Gasteiger partial charge on any atom is -0.462 e. The van der Waals surface area contributed by atoms with E-state index in [2.05, 4.69) is 11.9 Å². The quantitative estimate of drug-likeness (QED) is 0.544. The highest BCUT2D eigenvalue weighted by molar-refractivity contribution is 5.89. The van der Waals surface area contributed by atoms with Crippen molar-refractivity contribution >= 4 is 5.97 Å². The van der Waals surface area contributed by atoms with Crippen molar-refractivity contribution in [2.75, 3.05) is 6.61 Å². The molecule has 0 spiro atoms. The van der Waals surface area contributed by atoms with Crippen molar-refractivity contribution in [1.82, 2.24) is 4.98 Å².